The van der Waals surface area contributed by atoms with Gasteiger partial charge in [0.05, 0.1) is 12.0 Å². The van der Waals surface area contributed by atoms with Gasteiger partial charge in [-0.25, -0.2) is 5.01 Å². The van der Waals surface area contributed by atoms with Gasteiger partial charge in [-0.3, -0.25) is 9.59 Å². The first kappa shape index (κ1) is 23.6. The lowest BCUT2D eigenvalue weighted by atomic mass is 9.91. The van der Waals surface area contributed by atoms with E-state index in [2.05, 4.69) is 5.10 Å². The topological polar surface area (TPSA) is 72.1 Å². The second-order valence-corrected chi connectivity index (χ2v) is 8.83. The Balaban J connectivity index is 1.36. The van der Waals surface area contributed by atoms with Crippen molar-refractivity contribution in [3.05, 3.63) is 131 Å². The first-order chi connectivity index (χ1) is 17.6. The maximum Gasteiger partial charge on any atom is 0.318 e. The van der Waals surface area contributed by atoms with Crippen molar-refractivity contribution in [1.82, 2.24) is 5.01 Å². The van der Waals surface area contributed by atoms with Crippen LogP contribution in [0.5, 0.6) is 0 Å². The summed E-state index contributed by atoms with van der Waals surface area (Å²) >= 11 is 6.02. The number of benzene rings is 3. The summed E-state index contributed by atoms with van der Waals surface area (Å²) in [6, 6.07) is 29.2. The number of hydrogen-bond acceptors (Lipinski definition) is 5. The molecule has 5 rings (SSSR count). The lowest BCUT2D eigenvalue weighted by Crippen LogP contribution is -2.32. The molecule has 7 heteroatoms. The molecular formula is C29H23ClN2O4. The van der Waals surface area contributed by atoms with Crippen molar-refractivity contribution >= 4 is 29.2 Å². The van der Waals surface area contributed by atoms with Crippen LogP contribution in [0.1, 0.15) is 40.8 Å². The van der Waals surface area contributed by atoms with Crippen LogP contribution in [0.4, 0.5) is 0 Å². The monoisotopic (exact) mass is 498 g/mol. The van der Waals surface area contributed by atoms with Crippen LogP contribution in [-0.4, -0.2) is 29.2 Å². The molecule has 0 radical (unpaired) electrons. The summed E-state index contributed by atoms with van der Waals surface area (Å²) in [5.74, 6) is -0.980. The third kappa shape index (κ3) is 5.09. The molecular weight excluding hydrogens is 476 g/mol. The third-order valence-electron chi connectivity index (χ3n) is 6.05. The summed E-state index contributed by atoms with van der Waals surface area (Å²) in [6.07, 6.45) is 2.02. The molecule has 36 heavy (non-hydrogen) atoms. The second kappa shape index (κ2) is 10.6. The van der Waals surface area contributed by atoms with E-state index >= 15 is 0 Å². The normalized spacial score (nSPS) is 15.1. The van der Waals surface area contributed by atoms with Crippen LogP contribution in [0.3, 0.4) is 0 Å². The number of carbonyl (C=O) groups is 2. The van der Waals surface area contributed by atoms with E-state index in [4.69, 9.17) is 20.8 Å². The van der Waals surface area contributed by atoms with E-state index in [1.807, 2.05) is 72.8 Å². The fraction of sp³-hybridized carbons (Fsp3) is 0.138. The second-order valence-electron chi connectivity index (χ2n) is 8.39. The molecule has 1 atom stereocenters. The van der Waals surface area contributed by atoms with Gasteiger partial charge in [-0.1, -0.05) is 84.4 Å². The molecule has 3 aromatic carbocycles. The number of rotatable bonds is 7. The summed E-state index contributed by atoms with van der Waals surface area (Å²) in [4.78, 5) is 26.5. The molecule has 1 aliphatic rings. The molecule has 0 saturated heterocycles. The van der Waals surface area contributed by atoms with Crippen LogP contribution in [0.15, 0.2) is 113 Å². The molecule has 0 unspecified atom stereocenters. The third-order valence-corrected chi connectivity index (χ3v) is 6.31. The fourth-order valence-electron chi connectivity index (χ4n) is 4.30. The van der Waals surface area contributed by atoms with Crippen molar-refractivity contribution < 1.29 is 18.7 Å². The number of carbonyl (C=O) groups excluding carboxylic acids is 2. The quantitative estimate of drug-likeness (QED) is 0.293. The Bertz CT molecular complexity index is 1310. The highest BCUT2D eigenvalue weighted by atomic mass is 35.5. The van der Waals surface area contributed by atoms with Gasteiger partial charge in [-0.15, -0.1) is 0 Å². The van der Waals surface area contributed by atoms with Gasteiger partial charge in [0.25, 0.3) is 5.91 Å². The van der Waals surface area contributed by atoms with E-state index in [0.717, 1.165) is 22.4 Å². The zero-order chi connectivity index (χ0) is 24.9. The molecule has 0 aliphatic carbocycles. The van der Waals surface area contributed by atoms with Crippen molar-refractivity contribution in [2.45, 2.75) is 18.4 Å². The van der Waals surface area contributed by atoms with Crippen molar-refractivity contribution in [2.75, 3.05) is 6.61 Å². The van der Waals surface area contributed by atoms with Crippen LogP contribution in [-0.2, 0) is 14.3 Å². The van der Waals surface area contributed by atoms with E-state index in [1.54, 1.807) is 30.5 Å². The van der Waals surface area contributed by atoms with Crippen molar-refractivity contribution in [1.29, 1.82) is 0 Å². The molecule has 2 heterocycles. The number of furan rings is 1. The summed E-state index contributed by atoms with van der Waals surface area (Å²) in [5.41, 5.74) is 3.16. The molecule has 0 saturated carbocycles. The predicted molar refractivity (Wildman–Crippen MR) is 137 cm³/mol. The van der Waals surface area contributed by atoms with E-state index in [1.165, 1.54) is 5.01 Å². The Labute approximate surface area is 213 Å². The van der Waals surface area contributed by atoms with Crippen molar-refractivity contribution in [2.24, 2.45) is 5.10 Å². The van der Waals surface area contributed by atoms with Crippen LogP contribution < -0.4 is 0 Å². The lowest BCUT2D eigenvalue weighted by molar-refractivity contribution is -0.153. The Hall–Kier alpha value is -4.16. The predicted octanol–water partition coefficient (Wildman–Crippen LogP) is 5.99. The molecule has 0 fully saturated rings. The SMILES string of the molecule is O=C(OCC(=O)N1N=C(c2ccc(Cl)cc2)C[C@H]1c1ccco1)C(c1ccccc1)c1ccccc1. The standard InChI is InChI=1S/C29H23ClN2O4/c30-23-15-13-20(14-16-23)24-18-25(26-12-7-17-35-26)32(31-24)27(33)19-36-29(34)28(21-8-3-1-4-9-21)22-10-5-2-6-11-22/h1-17,25,28H,18-19H2/t25-/m0/s1. The average molecular weight is 499 g/mol. The molecule has 180 valence electrons. The number of hydrogen-bond donors (Lipinski definition) is 0. The number of halogens is 1. The van der Waals surface area contributed by atoms with Gasteiger partial charge < -0.3 is 9.15 Å². The molecule has 0 N–H and O–H groups in total. The highest BCUT2D eigenvalue weighted by Gasteiger charge is 2.36. The minimum Gasteiger partial charge on any atom is -0.467 e. The minimum atomic E-state index is -0.646. The maximum atomic E-state index is 13.3. The molecule has 0 spiro atoms. The minimum absolute atomic E-state index is 0.434. The number of hydrazone groups is 1. The van der Waals surface area contributed by atoms with Crippen molar-refractivity contribution in [3.63, 3.8) is 0 Å². The first-order valence-electron chi connectivity index (χ1n) is 11.6. The van der Waals surface area contributed by atoms with E-state index in [9.17, 15) is 9.59 Å². The maximum absolute atomic E-state index is 13.3. The van der Waals surface area contributed by atoms with Crippen LogP contribution in [0.25, 0.3) is 0 Å². The Morgan fingerprint density at radius 2 is 1.56 bits per heavy atom. The van der Waals surface area contributed by atoms with Crippen LogP contribution >= 0.6 is 11.6 Å². The zero-order valence-electron chi connectivity index (χ0n) is 19.3. The van der Waals surface area contributed by atoms with E-state index in [-0.39, 0.29) is 0 Å². The summed E-state index contributed by atoms with van der Waals surface area (Å²) in [7, 11) is 0. The number of ether oxygens (including phenoxy) is 1. The van der Waals surface area contributed by atoms with Gasteiger partial charge in [-0.2, -0.15) is 5.10 Å². The smallest absolute Gasteiger partial charge is 0.318 e. The van der Waals surface area contributed by atoms with Gasteiger partial charge in [0, 0.05) is 11.4 Å². The Morgan fingerprint density at radius 3 is 2.14 bits per heavy atom. The van der Waals surface area contributed by atoms with Gasteiger partial charge in [0.2, 0.25) is 0 Å². The van der Waals surface area contributed by atoms with Gasteiger partial charge in [0.15, 0.2) is 6.61 Å². The van der Waals surface area contributed by atoms with Gasteiger partial charge in [0.1, 0.15) is 17.7 Å². The molecule has 1 amide bonds. The zero-order valence-corrected chi connectivity index (χ0v) is 20.0. The molecule has 1 aliphatic heterocycles. The summed E-state index contributed by atoms with van der Waals surface area (Å²) in [5, 5.41) is 6.53. The lowest BCUT2D eigenvalue weighted by Gasteiger charge is -2.21. The molecule has 6 nitrogen and oxygen atoms in total. The number of esters is 1. The average Bonchev–Trinajstić information content (AvgIpc) is 3.60. The number of amides is 1. The Morgan fingerprint density at radius 1 is 0.917 bits per heavy atom. The molecule has 0 bridgehead atoms. The fourth-order valence-corrected chi connectivity index (χ4v) is 4.42. The van der Waals surface area contributed by atoms with Crippen LogP contribution in [0, 0.1) is 0 Å². The van der Waals surface area contributed by atoms with Crippen molar-refractivity contribution in [3.8, 4) is 0 Å². The number of nitrogens with zero attached hydrogens (tertiary/aromatic N) is 2. The molecule has 1 aromatic heterocycles. The Kier molecular flexibility index (Phi) is 6.96. The highest BCUT2D eigenvalue weighted by molar-refractivity contribution is 6.30. The largest absolute Gasteiger partial charge is 0.467 e. The summed E-state index contributed by atoms with van der Waals surface area (Å²) in [6.45, 7) is -0.441. The molecule has 4 aromatic rings. The van der Waals surface area contributed by atoms with Gasteiger partial charge >= 0.3 is 5.97 Å². The first-order valence-corrected chi connectivity index (χ1v) is 11.9. The van der Waals surface area contributed by atoms with Gasteiger partial charge in [-0.05, 0) is 41.0 Å². The van der Waals surface area contributed by atoms with E-state index in [0.29, 0.717) is 17.2 Å². The highest BCUT2D eigenvalue weighted by Crippen LogP contribution is 2.33. The van der Waals surface area contributed by atoms with Crippen LogP contribution in [0.2, 0.25) is 5.02 Å². The van der Waals surface area contributed by atoms with E-state index < -0.39 is 30.4 Å². The summed E-state index contributed by atoms with van der Waals surface area (Å²) < 4.78 is 11.1.